The van der Waals surface area contributed by atoms with E-state index in [9.17, 15) is 15.2 Å². The quantitative estimate of drug-likeness (QED) is 0.252. The number of hydrogen-bond donors (Lipinski definition) is 3. The molecule has 0 aliphatic rings. The molecule has 0 saturated heterocycles. The molecule has 0 aliphatic heterocycles. The summed E-state index contributed by atoms with van der Waals surface area (Å²) in [5, 5.41) is 24.0. The first-order valence-electron chi connectivity index (χ1n) is 4.60. The highest BCUT2D eigenvalue weighted by molar-refractivity contribution is 7.80. The fourth-order valence-corrected chi connectivity index (χ4v) is 1.43. The summed E-state index contributed by atoms with van der Waals surface area (Å²) in [7, 11) is 0. The first-order chi connectivity index (χ1) is 8.45. The van der Waals surface area contributed by atoms with Crippen LogP contribution in [0.25, 0.3) is 0 Å². The molecule has 9 heteroatoms. The second kappa shape index (κ2) is 6.12. The number of phenols is 1. The first kappa shape index (κ1) is 14.1. The van der Waals surface area contributed by atoms with Crippen LogP contribution in [0.5, 0.6) is 5.75 Å². The van der Waals surface area contributed by atoms with Gasteiger partial charge in [-0.1, -0.05) is 0 Å². The number of nitrogens with one attached hydrogen (secondary N) is 1. The van der Waals surface area contributed by atoms with Gasteiger partial charge in [0.1, 0.15) is 5.75 Å². The average Bonchev–Trinajstić information content (AvgIpc) is 2.30. The Morgan fingerprint density at radius 1 is 1.72 bits per heavy atom. The number of rotatable bonds is 4. The van der Waals surface area contributed by atoms with E-state index in [1.165, 1.54) is 6.07 Å². The Morgan fingerprint density at radius 3 is 2.89 bits per heavy atom. The predicted molar refractivity (Wildman–Crippen MR) is 71.8 cm³/mol. The summed E-state index contributed by atoms with van der Waals surface area (Å²) in [4.78, 5) is 10.1. The molecule has 0 saturated carbocycles. The van der Waals surface area contributed by atoms with Gasteiger partial charge < -0.3 is 10.8 Å². The van der Waals surface area contributed by atoms with Crippen LogP contribution in [0.15, 0.2) is 17.2 Å². The lowest BCUT2D eigenvalue weighted by Gasteiger charge is -2.04. The van der Waals surface area contributed by atoms with Crippen LogP contribution in [-0.4, -0.2) is 21.4 Å². The van der Waals surface area contributed by atoms with Crippen LogP contribution in [0.2, 0.25) is 0 Å². The summed E-state index contributed by atoms with van der Waals surface area (Å²) in [6.45, 7) is 0. The largest absolute Gasteiger partial charge is 0.507 e. The van der Waals surface area contributed by atoms with E-state index in [1.807, 2.05) is 0 Å². The molecular formula is C9H9ClN4O3S. The van der Waals surface area contributed by atoms with Gasteiger partial charge in [0.2, 0.25) is 0 Å². The van der Waals surface area contributed by atoms with Crippen LogP contribution in [0.3, 0.4) is 0 Å². The highest BCUT2D eigenvalue weighted by atomic mass is 35.5. The molecule has 4 N–H and O–H groups in total. The van der Waals surface area contributed by atoms with Crippen molar-refractivity contribution in [3.63, 3.8) is 0 Å². The number of halogens is 1. The third-order valence-electron chi connectivity index (χ3n) is 1.94. The van der Waals surface area contributed by atoms with Gasteiger partial charge in [0, 0.05) is 23.3 Å². The summed E-state index contributed by atoms with van der Waals surface area (Å²) in [6.07, 6.45) is 1.16. The minimum absolute atomic E-state index is 0.0584. The fraction of sp³-hybridized carbons (Fsp3) is 0.111. The molecular weight excluding hydrogens is 280 g/mol. The summed E-state index contributed by atoms with van der Waals surface area (Å²) in [5.74, 6) is -0.235. The molecule has 0 unspecified atom stereocenters. The number of alkyl halides is 1. The lowest BCUT2D eigenvalue weighted by atomic mass is 10.1. The molecule has 18 heavy (non-hydrogen) atoms. The van der Waals surface area contributed by atoms with E-state index in [4.69, 9.17) is 17.3 Å². The molecule has 0 bridgehead atoms. The Bertz CT molecular complexity index is 521. The Hall–Kier alpha value is -1.93. The van der Waals surface area contributed by atoms with Crippen LogP contribution >= 0.6 is 23.8 Å². The molecule has 0 amide bonds. The molecule has 1 rings (SSSR count). The zero-order chi connectivity index (χ0) is 13.7. The molecule has 1 aromatic carbocycles. The van der Waals surface area contributed by atoms with Gasteiger partial charge in [-0.3, -0.25) is 15.5 Å². The molecule has 1 aromatic rings. The van der Waals surface area contributed by atoms with Crippen molar-refractivity contribution in [2.75, 3.05) is 0 Å². The average molecular weight is 289 g/mol. The Balaban J connectivity index is 3.16. The summed E-state index contributed by atoms with van der Waals surface area (Å²) >= 11 is 10.1. The number of non-ortho nitro benzene ring substituents is 1. The maximum absolute atomic E-state index is 10.7. The minimum Gasteiger partial charge on any atom is -0.507 e. The fourth-order valence-electron chi connectivity index (χ4n) is 1.17. The van der Waals surface area contributed by atoms with Gasteiger partial charge in [-0.25, -0.2) is 0 Å². The summed E-state index contributed by atoms with van der Waals surface area (Å²) < 4.78 is 0. The molecule has 0 atom stereocenters. The number of hydrazone groups is 1. The van der Waals surface area contributed by atoms with Gasteiger partial charge in [0.05, 0.1) is 17.0 Å². The van der Waals surface area contributed by atoms with Crippen molar-refractivity contribution in [1.82, 2.24) is 5.43 Å². The third-order valence-corrected chi connectivity index (χ3v) is 2.32. The highest BCUT2D eigenvalue weighted by Gasteiger charge is 2.14. The van der Waals surface area contributed by atoms with E-state index in [-0.39, 0.29) is 33.6 Å². The van der Waals surface area contributed by atoms with Gasteiger partial charge in [0.25, 0.3) is 5.69 Å². The van der Waals surface area contributed by atoms with Crippen LogP contribution in [0.1, 0.15) is 11.1 Å². The van der Waals surface area contributed by atoms with Crippen molar-refractivity contribution >= 4 is 40.8 Å². The van der Waals surface area contributed by atoms with Crippen LogP contribution in [0.4, 0.5) is 5.69 Å². The molecule has 96 valence electrons. The van der Waals surface area contributed by atoms with Gasteiger partial charge >= 0.3 is 0 Å². The maximum Gasteiger partial charge on any atom is 0.270 e. The van der Waals surface area contributed by atoms with Gasteiger partial charge in [-0.2, -0.15) is 5.10 Å². The molecule has 0 spiro atoms. The number of benzene rings is 1. The topological polar surface area (TPSA) is 114 Å². The molecule has 0 fully saturated rings. The molecule has 0 aromatic heterocycles. The van der Waals surface area contributed by atoms with E-state index in [0.29, 0.717) is 0 Å². The number of hydrogen-bond acceptors (Lipinski definition) is 5. The molecule has 0 heterocycles. The van der Waals surface area contributed by atoms with Crippen molar-refractivity contribution in [2.45, 2.75) is 5.88 Å². The number of nitro benzene ring substituents is 1. The number of phenolic OH excluding ortho intramolecular Hbond substituents is 1. The van der Waals surface area contributed by atoms with E-state index in [0.717, 1.165) is 12.3 Å². The van der Waals surface area contributed by atoms with E-state index in [2.05, 4.69) is 22.7 Å². The SMILES string of the molecule is NC(=S)NN=Cc1cc([N+](=O)[O-])cc(CCl)c1O. The van der Waals surface area contributed by atoms with Gasteiger partial charge in [-0.15, -0.1) is 11.6 Å². The smallest absolute Gasteiger partial charge is 0.270 e. The molecule has 7 nitrogen and oxygen atoms in total. The van der Waals surface area contributed by atoms with E-state index >= 15 is 0 Å². The molecule has 0 aliphatic carbocycles. The number of aromatic hydroxyl groups is 1. The second-order valence-corrected chi connectivity index (χ2v) is 3.87. The lowest BCUT2D eigenvalue weighted by Crippen LogP contribution is -2.24. The Morgan fingerprint density at radius 2 is 2.39 bits per heavy atom. The maximum atomic E-state index is 10.7. The number of nitrogens with zero attached hydrogens (tertiary/aromatic N) is 2. The second-order valence-electron chi connectivity index (χ2n) is 3.17. The van der Waals surface area contributed by atoms with Crippen molar-refractivity contribution in [2.24, 2.45) is 10.8 Å². The van der Waals surface area contributed by atoms with Crippen molar-refractivity contribution in [1.29, 1.82) is 0 Å². The van der Waals surface area contributed by atoms with Crippen molar-refractivity contribution < 1.29 is 10.0 Å². The first-order valence-corrected chi connectivity index (χ1v) is 5.54. The number of thiocarbonyl (C=S) groups is 1. The zero-order valence-corrected chi connectivity index (χ0v) is 10.5. The van der Waals surface area contributed by atoms with E-state index in [1.54, 1.807) is 0 Å². The summed E-state index contributed by atoms with van der Waals surface area (Å²) in [6, 6.07) is 2.36. The van der Waals surface area contributed by atoms with Crippen molar-refractivity contribution in [3.05, 3.63) is 33.4 Å². The summed E-state index contributed by atoms with van der Waals surface area (Å²) in [5.41, 5.74) is 7.60. The normalized spacial score (nSPS) is 10.5. The molecule has 0 radical (unpaired) electrons. The van der Waals surface area contributed by atoms with Crippen LogP contribution < -0.4 is 11.2 Å². The Labute approximate surface area is 112 Å². The van der Waals surface area contributed by atoms with Gasteiger partial charge in [0.15, 0.2) is 5.11 Å². The van der Waals surface area contributed by atoms with Crippen molar-refractivity contribution in [3.8, 4) is 5.75 Å². The van der Waals surface area contributed by atoms with Crippen LogP contribution in [0, 0.1) is 10.1 Å². The zero-order valence-electron chi connectivity index (χ0n) is 8.96. The highest BCUT2D eigenvalue weighted by Crippen LogP contribution is 2.28. The van der Waals surface area contributed by atoms with Gasteiger partial charge in [-0.05, 0) is 12.2 Å². The minimum atomic E-state index is -0.589. The number of nitrogens with two attached hydrogens (primary N) is 1. The predicted octanol–water partition coefficient (Wildman–Crippen LogP) is 1.21. The Kier molecular flexibility index (Phi) is 4.81. The lowest BCUT2D eigenvalue weighted by molar-refractivity contribution is -0.384. The standard InChI is InChI=1S/C9H9ClN4O3S/c10-3-5-1-7(14(16)17)2-6(8(5)15)4-12-13-9(11)18/h1-2,4,15H,3H2,(H3,11,13,18). The van der Waals surface area contributed by atoms with E-state index < -0.39 is 4.92 Å². The monoisotopic (exact) mass is 288 g/mol. The van der Waals surface area contributed by atoms with Crippen LogP contribution in [-0.2, 0) is 5.88 Å². The number of nitro groups is 1. The third kappa shape index (κ3) is 3.54.